The predicted molar refractivity (Wildman–Crippen MR) is 85.3 cm³/mol. The molecule has 0 saturated carbocycles. The average molecular weight is 311 g/mol. The van der Waals surface area contributed by atoms with E-state index in [4.69, 9.17) is 11.6 Å². The van der Waals surface area contributed by atoms with E-state index in [2.05, 4.69) is 12.2 Å². The first-order valence-electron chi connectivity index (χ1n) is 7.28. The van der Waals surface area contributed by atoms with Crippen LogP contribution in [-0.4, -0.2) is 36.9 Å². The van der Waals surface area contributed by atoms with Crippen molar-refractivity contribution >= 4 is 23.4 Å². The molecular weight excluding hydrogens is 288 g/mol. The van der Waals surface area contributed by atoms with Gasteiger partial charge in [-0.25, -0.2) is 0 Å². The number of benzene rings is 1. The van der Waals surface area contributed by atoms with Gasteiger partial charge in [0.1, 0.15) is 6.42 Å². The van der Waals surface area contributed by atoms with Crippen molar-refractivity contribution in [1.29, 1.82) is 0 Å². The van der Waals surface area contributed by atoms with E-state index in [0.717, 1.165) is 18.4 Å². The molecule has 21 heavy (non-hydrogen) atoms. The summed E-state index contributed by atoms with van der Waals surface area (Å²) in [6.07, 6.45) is 2.60. The summed E-state index contributed by atoms with van der Waals surface area (Å²) in [4.78, 5) is 25.1. The smallest absolute Gasteiger partial charge is 0.231 e. The molecule has 116 valence electrons. The summed E-state index contributed by atoms with van der Waals surface area (Å²) in [5.41, 5.74) is 1.06. The van der Waals surface area contributed by atoms with E-state index in [-0.39, 0.29) is 18.2 Å². The van der Waals surface area contributed by atoms with Gasteiger partial charge in [-0.1, -0.05) is 37.1 Å². The molecule has 0 unspecified atom stereocenters. The van der Waals surface area contributed by atoms with Crippen molar-refractivity contribution in [1.82, 2.24) is 10.2 Å². The Morgan fingerprint density at radius 2 is 2.10 bits per heavy atom. The first-order chi connectivity index (χ1) is 10.0. The molecule has 2 amide bonds. The van der Waals surface area contributed by atoms with Gasteiger partial charge in [0.25, 0.3) is 0 Å². The first-order valence-corrected chi connectivity index (χ1v) is 7.65. The van der Waals surface area contributed by atoms with Gasteiger partial charge in [0.2, 0.25) is 11.8 Å². The minimum absolute atomic E-state index is 0.0875. The third-order valence-electron chi connectivity index (χ3n) is 3.21. The number of amides is 2. The van der Waals surface area contributed by atoms with Gasteiger partial charge in [0.15, 0.2) is 0 Å². The Morgan fingerprint density at radius 1 is 1.33 bits per heavy atom. The van der Waals surface area contributed by atoms with E-state index in [1.807, 2.05) is 24.3 Å². The van der Waals surface area contributed by atoms with E-state index in [9.17, 15) is 9.59 Å². The van der Waals surface area contributed by atoms with Gasteiger partial charge in [-0.05, 0) is 30.5 Å². The van der Waals surface area contributed by atoms with Crippen LogP contribution in [0.15, 0.2) is 24.3 Å². The number of unbranched alkanes of at least 4 members (excludes halogenated alkanes) is 1. The van der Waals surface area contributed by atoms with Crippen molar-refractivity contribution in [2.75, 3.05) is 20.1 Å². The van der Waals surface area contributed by atoms with Crippen LogP contribution in [0.25, 0.3) is 0 Å². The van der Waals surface area contributed by atoms with Crippen LogP contribution in [0, 0.1) is 0 Å². The minimum atomic E-state index is -0.231. The number of nitrogens with zero attached hydrogens (tertiary/aromatic N) is 1. The Labute approximate surface area is 131 Å². The van der Waals surface area contributed by atoms with E-state index >= 15 is 0 Å². The summed E-state index contributed by atoms with van der Waals surface area (Å²) in [7, 11) is 1.73. The van der Waals surface area contributed by atoms with E-state index < -0.39 is 0 Å². The third-order valence-corrected chi connectivity index (χ3v) is 3.44. The maximum Gasteiger partial charge on any atom is 0.231 e. The summed E-state index contributed by atoms with van der Waals surface area (Å²) >= 11 is 5.89. The molecule has 1 aromatic carbocycles. The molecule has 0 atom stereocenters. The molecule has 0 aliphatic heterocycles. The highest BCUT2D eigenvalue weighted by atomic mass is 35.5. The number of carbonyl (C=O) groups excluding carboxylic acids is 2. The molecule has 0 saturated heterocycles. The molecule has 1 rings (SSSR count). The fourth-order valence-corrected chi connectivity index (χ4v) is 2.11. The molecule has 5 heteroatoms. The number of carbonyl (C=O) groups is 2. The average Bonchev–Trinajstić information content (AvgIpc) is 2.44. The molecule has 0 bridgehead atoms. The van der Waals surface area contributed by atoms with Crippen LogP contribution in [0.3, 0.4) is 0 Å². The van der Waals surface area contributed by atoms with Gasteiger partial charge in [-0.2, -0.15) is 0 Å². The molecule has 1 N–H and O–H groups in total. The van der Waals surface area contributed by atoms with E-state index in [1.54, 1.807) is 11.9 Å². The lowest BCUT2D eigenvalue weighted by Gasteiger charge is -2.16. The fourth-order valence-electron chi connectivity index (χ4n) is 1.89. The molecule has 0 aliphatic rings. The monoisotopic (exact) mass is 310 g/mol. The van der Waals surface area contributed by atoms with Crippen molar-refractivity contribution in [3.05, 3.63) is 34.9 Å². The Bertz CT molecular complexity index is 477. The van der Waals surface area contributed by atoms with Crippen LogP contribution < -0.4 is 5.32 Å². The largest absolute Gasteiger partial charge is 0.355 e. The summed E-state index contributed by atoms with van der Waals surface area (Å²) in [6, 6.07) is 7.53. The molecule has 0 fully saturated rings. The van der Waals surface area contributed by atoms with Gasteiger partial charge in [-0.15, -0.1) is 0 Å². The lowest BCUT2D eigenvalue weighted by molar-refractivity contribution is -0.135. The van der Waals surface area contributed by atoms with Gasteiger partial charge >= 0.3 is 0 Å². The second-order valence-corrected chi connectivity index (χ2v) is 5.51. The van der Waals surface area contributed by atoms with Gasteiger partial charge in [0, 0.05) is 25.2 Å². The molecule has 0 heterocycles. The maximum absolute atomic E-state index is 11.8. The SMILES string of the molecule is CCCCN(C)C(=O)CC(=O)NCCc1cccc(Cl)c1. The summed E-state index contributed by atoms with van der Waals surface area (Å²) in [5, 5.41) is 3.45. The summed E-state index contributed by atoms with van der Waals surface area (Å²) in [6.45, 7) is 3.27. The quantitative estimate of drug-likeness (QED) is 0.750. The van der Waals surface area contributed by atoms with Crippen molar-refractivity contribution in [3.8, 4) is 0 Å². The Kier molecular flexibility index (Phi) is 7.83. The van der Waals surface area contributed by atoms with Crippen LogP contribution in [0.2, 0.25) is 5.02 Å². The number of rotatable bonds is 8. The minimum Gasteiger partial charge on any atom is -0.355 e. The third kappa shape index (κ3) is 7.14. The van der Waals surface area contributed by atoms with Crippen LogP contribution in [-0.2, 0) is 16.0 Å². The van der Waals surface area contributed by atoms with Crippen molar-refractivity contribution < 1.29 is 9.59 Å². The van der Waals surface area contributed by atoms with Crippen LogP contribution in [0.5, 0.6) is 0 Å². The fraction of sp³-hybridized carbons (Fsp3) is 0.500. The zero-order chi connectivity index (χ0) is 15.7. The zero-order valence-corrected chi connectivity index (χ0v) is 13.4. The van der Waals surface area contributed by atoms with Crippen LogP contribution in [0.4, 0.5) is 0 Å². The van der Waals surface area contributed by atoms with Crippen molar-refractivity contribution in [2.24, 2.45) is 0 Å². The molecule has 0 aromatic heterocycles. The topological polar surface area (TPSA) is 49.4 Å². The highest BCUT2D eigenvalue weighted by Gasteiger charge is 2.13. The summed E-state index contributed by atoms with van der Waals surface area (Å²) in [5.74, 6) is -0.367. The standard InChI is InChI=1S/C16H23ClN2O2/c1-3-4-10-19(2)16(21)12-15(20)18-9-8-13-6-5-7-14(17)11-13/h5-7,11H,3-4,8-10,12H2,1-2H3,(H,18,20). The van der Waals surface area contributed by atoms with Crippen molar-refractivity contribution in [3.63, 3.8) is 0 Å². The maximum atomic E-state index is 11.8. The number of halogens is 1. The highest BCUT2D eigenvalue weighted by molar-refractivity contribution is 6.30. The zero-order valence-electron chi connectivity index (χ0n) is 12.7. The van der Waals surface area contributed by atoms with Crippen LogP contribution in [0.1, 0.15) is 31.7 Å². The number of hydrogen-bond acceptors (Lipinski definition) is 2. The molecule has 4 nitrogen and oxygen atoms in total. The molecule has 0 radical (unpaired) electrons. The lowest BCUT2D eigenvalue weighted by Crippen LogP contribution is -2.34. The normalized spacial score (nSPS) is 10.2. The first kappa shape index (κ1) is 17.5. The van der Waals surface area contributed by atoms with Gasteiger partial charge < -0.3 is 10.2 Å². The van der Waals surface area contributed by atoms with Crippen LogP contribution >= 0.6 is 11.6 Å². The highest BCUT2D eigenvalue weighted by Crippen LogP contribution is 2.10. The second-order valence-electron chi connectivity index (χ2n) is 5.08. The van der Waals surface area contributed by atoms with Gasteiger partial charge in [0.05, 0.1) is 0 Å². The lowest BCUT2D eigenvalue weighted by atomic mass is 10.1. The van der Waals surface area contributed by atoms with E-state index in [1.165, 1.54) is 0 Å². The Hall–Kier alpha value is -1.55. The van der Waals surface area contributed by atoms with Gasteiger partial charge in [-0.3, -0.25) is 9.59 Å². The molecular formula is C16H23ClN2O2. The second kappa shape index (κ2) is 9.40. The predicted octanol–water partition coefficient (Wildman–Crippen LogP) is 2.65. The molecule has 1 aromatic rings. The molecule has 0 spiro atoms. The molecule has 0 aliphatic carbocycles. The van der Waals surface area contributed by atoms with Crippen molar-refractivity contribution in [2.45, 2.75) is 32.6 Å². The number of hydrogen-bond donors (Lipinski definition) is 1. The Balaban J connectivity index is 2.26. The number of nitrogens with one attached hydrogen (secondary N) is 1. The Morgan fingerprint density at radius 3 is 2.76 bits per heavy atom. The van der Waals surface area contributed by atoms with E-state index in [0.29, 0.717) is 24.5 Å². The summed E-state index contributed by atoms with van der Waals surface area (Å²) < 4.78 is 0.